The number of aromatic nitrogens is 3. The third-order valence-electron chi connectivity index (χ3n) is 16.3. The van der Waals surface area contributed by atoms with E-state index in [1.165, 1.54) is 83.5 Å². The lowest BCUT2D eigenvalue weighted by molar-refractivity contribution is 1.07. The molecule has 0 spiro atoms. The fraction of sp³-hybridized carbons (Fsp3) is 0. The maximum atomic E-state index is 5.54. The van der Waals surface area contributed by atoms with Crippen molar-refractivity contribution in [1.82, 2.24) is 15.0 Å². The van der Waals surface area contributed by atoms with Crippen molar-refractivity contribution in [3.8, 4) is 168 Å². The maximum absolute atomic E-state index is 5.54. The monoisotopic (exact) mass is 987 g/mol. The molecule has 0 aliphatic heterocycles. The molecule has 0 bridgehead atoms. The van der Waals surface area contributed by atoms with Crippen LogP contribution in [0.2, 0.25) is 0 Å². The summed E-state index contributed by atoms with van der Waals surface area (Å²) in [7, 11) is 0. The highest BCUT2D eigenvalue weighted by atomic mass is 15.0. The van der Waals surface area contributed by atoms with Crippen molar-refractivity contribution in [2.24, 2.45) is 0 Å². The molecule has 3 heteroatoms. The topological polar surface area (TPSA) is 38.7 Å². The summed E-state index contributed by atoms with van der Waals surface area (Å²) in [5.74, 6) is 1.80. The van der Waals surface area contributed by atoms with Crippen LogP contribution in [0.3, 0.4) is 0 Å². The van der Waals surface area contributed by atoms with Gasteiger partial charge in [0.25, 0.3) is 0 Å². The molecule has 16 rings (SSSR count). The summed E-state index contributed by atoms with van der Waals surface area (Å²) in [6, 6.07) is 99.5. The molecule has 13 aromatic rings. The third-order valence-corrected chi connectivity index (χ3v) is 16.3. The number of nitrogens with zero attached hydrogens (tertiary/aromatic N) is 3. The Hall–Kier alpha value is -10.4. The molecule has 0 unspecified atom stereocenters. The van der Waals surface area contributed by atoms with Crippen LogP contribution in [-0.4, -0.2) is 15.0 Å². The van der Waals surface area contributed by atoms with Crippen LogP contribution in [0, 0.1) is 0 Å². The Balaban J connectivity index is 0.942. The van der Waals surface area contributed by atoms with Gasteiger partial charge < -0.3 is 0 Å². The van der Waals surface area contributed by atoms with Gasteiger partial charge in [-0.1, -0.05) is 255 Å². The van der Waals surface area contributed by atoms with E-state index >= 15 is 0 Å². The van der Waals surface area contributed by atoms with Gasteiger partial charge in [-0.3, -0.25) is 0 Å². The van der Waals surface area contributed by atoms with E-state index in [-0.39, 0.29) is 0 Å². The summed E-state index contributed by atoms with van der Waals surface area (Å²) in [6.07, 6.45) is 0. The van der Waals surface area contributed by atoms with Crippen LogP contribution in [0.5, 0.6) is 0 Å². The van der Waals surface area contributed by atoms with Crippen molar-refractivity contribution in [3.63, 3.8) is 0 Å². The van der Waals surface area contributed by atoms with Crippen molar-refractivity contribution in [3.05, 3.63) is 273 Å². The lowest BCUT2D eigenvalue weighted by Crippen LogP contribution is -2.03. The van der Waals surface area contributed by atoms with Gasteiger partial charge in [0.1, 0.15) is 0 Å². The van der Waals surface area contributed by atoms with E-state index < -0.39 is 0 Å². The zero-order chi connectivity index (χ0) is 51.3. The molecule has 12 aromatic carbocycles. The smallest absolute Gasteiger partial charge is 0.164 e. The minimum Gasteiger partial charge on any atom is -0.208 e. The molecule has 0 saturated heterocycles. The fourth-order valence-electron chi connectivity index (χ4n) is 12.8. The molecule has 0 saturated carbocycles. The molecule has 0 N–H and O–H groups in total. The first-order valence-corrected chi connectivity index (χ1v) is 26.8. The van der Waals surface area contributed by atoms with Crippen LogP contribution in [0.1, 0.15) is 0 Å². The van der Waals surface area contributed by atoms with Gasteiger partial charge in [0.2, 0.25) is 0 Å². The zero-order valence-corrected chi connectivity index (χ0v) is 42.3. The standard InChI is InChI=1S/C75H45N3/c1-4-22-52-49(19-1)55-25-7-10-31-61(55)67-40-37-46(43-70(67)64-34-16-13-28-58(52)64)73-76-74(47-38-41-68-62-32-11-8-26-56(62)50-20-2-5-23-53(50)59-29-14-17-35-65(59)71(68)44-47)78-75(77-73)48-39-42-69-63-33-12-9-27-57(63)51-21-3-6-24-54(51)60-30-15-18-36-66(60)72(69)45-48/h1-45H. The lowest BCUT2D eigenvalue weighted by Gasteiger charge is -2.24. The maximum Gasteiger partial charge on any atom is 0.164 e. The number of fused-ring (bicyclic) bond motifs is 24. The Morgan fingerprint density at radius 3 is 0.410 bits per heavy atom. The van der Waals surface area contributed by atoms with Gasteiger partial charge in [-0.05, 0) is 152 Å². The number of hydrogen-bond donors (Lipinski definition) is 0. The van der Waals surface area contributed by atoms with Crippen molar-refractivity contribution in [1.29, 1.82) is 0 Å². The second kappa shape index (κ2) is 17.6. The van der Waals surface area contributed by atoms with E-state index in [0.717, 1.165) is 66.8 Å². The first-order chi connectivity index (χ1) is 38.7. The van der Waals surface area contributed by atoms with E-state index in [9.17, 15) is 0 Å². The molecule has 0 radical (unpaired) electrons. The SMILES string of the molecule is c1ccc2c(c1)-c1ccccc1-c1ccc(-c3nc(-c4ccc5c(c4)-c4ccccc4-c4ccccc4-c4ccccc4-5)nc(-c4ccc5c(c4)-c4ccccc4-c4ccccc4-c4ccccc4-5)n3)cc1-c1ccccc1-2. The first-order valence-electron chi connectivity index (χ1n) is 26.8. The van der Waals surface area contributed by atoms with E-state index in [1.807, 2.05) is 0 Å². The van der Waals surface area contributed by atoms with Crippen molar-refractivity contribution < 1.29 is 0 Å². The molecule has 3 aliphatic rings. The lowest BCUT2D eigenvalue weighted by atomic mass is 9.80. The van der Waals surface area contributed by atoms with Gasteiger partial charge in [-0.2, -0.15) is 0 Å². The van der Waals surface area contributed by atoms with Crippen LogP contribution in [-0.2, 0) is 0 Å². The van der Waals surface area contributed by atoms with Gasteiger partial charge in [0.05, 0.1) is 0 Å². The summed E-state index contributed by atoms with van der Waals surface area (Å²) in [6.45, 7) is 0. The largest absolute Gasteiger partial charge is 0.208 e. The molecule has 0 atom stereocenters. The van der Waals surface area contributed by atoms with Gasteiger partial charge >= 0.3 is 0 Å². The Morgan fingerprint density at radius 1 is 0.128 bits per heavy atom. The van der Waals surface area contributed by atoms with Crippen LogP contribution in [0.15, 0.2) is 273 Å². The number of hydrogen-bond acceptors (Lipinski definition) is 3. The summed E-state index contributed by atoms with van der Waals surface area (Å²) in [5.41, 5.74) is 31.1. The molecule has 3 aliphatic carbocycles. The van der Waals surface area contributed by atoms with Gasteiger partial charge in [-0.25, -0.2) is 15.0 Å². The molecular weight excluding hydrogens is 943 g/mol. The minimum atomic E-state index is 0.601. The summed E-state index contributed by atoms with van der Waals surface area (Å²) >= 11 is 0. The molecule has 0 amide bonds. The molecule has 0 fully saturated rings. The Bertz CT molecular complexity index is 4140. The van der Waals surface area contributed by atoms with Crippen molar-refractivity contribution >= 4 is 0 Å². The molecule has 78 heavy (non-hydrogen) atoms. The van der Waals surface area contributed by atoms with Crippen LogP contribution in [0.25, 0.3) is 168 Å². The van der Waals surface area contributed by atoms with E-state index in [4.69, 9.17) is 15.0 Å². The average molecular weight is 988 g/mol. The number of benzene rings is 12. The van der Waals surface area contributed by atoms with Gasteiger partial charge in [0, 0.05) is 16.7 Å². The summed E-state index contributed by atoms with van der Waals surface area (Å²) < 4.78 is 0. The Labute approximate surface area is 453 Å². The Kier molecular flexibility index (Phi) is 9.94. The molecular formula is C75H45N3. The van der Waals surface area contributed by atoms with E-state index in [0.29, 0.717) is 17.5 Å². The molecule has 3 nitrogen and oxygen atoms in total. The van der Waals surface area contributed by atoms with Crippen LogP contribution < -0.4 is 0 Å². The second-order valence-corrected chi connectivity index (χ2v) is 20.5. The van der Waals surface area contributed by atoms with Gasteiger partial charge in [-0.15, -0.1) is 0 Å². The predicted molar refractivity (Wildman–Crippen MR) is 322 cm³/mol. The van der Waals surface area contributed by atoms with Crippen LogP contribution in [0.4, 0.5) is 0 Å². The molecule has 360 valence electrons. The fourth-order valence-corrected chi connectivity index (χ4v) is 12.8. The summed E-state index contributed by atoms with van der Waals surface area (Å²) in [5, 5.41) is 0. The van der Waals surface area contributed by atoms with Crippen LogP contribution >= 0.6 is 0 Å². The highest BCUT2D eigenvalue weighted by molar-refractivity contribution is 6.07. The predicted octanol–water partition coefficient (Wildman–Crippen LogP) is 19.8. The number of rotatable bonds is 3. The zero-order valence-electron chi connectivity index (χ0n) is 42.3. The van der Waals surface area contributed by atoms with E-state index in [1.54, 1.807) is 0 Å². The van der Waals surface area contributed by atoms with Crippen molar-refractivity contribution in [2.45, 2.75) is 0 Å². The second-order valence-electron chi connectivity index (χ2n) is 20.5. The molecule has 1 heterocycles. The van der Waals surface area contributed by atoms with Crippen molar-refractivity contribution in [2.75, 3.05) is 0 Å². The van der Waals surface area contributed by atoms with E-state index in [2.05, 4.69) is 273 Å². The normalized spacial score (nSPS) is 11.8. The average Bonchev–Trinajstić information content (AvgIpc) is 3.71. The quantitative estimate of drug-likeness (QED) is 0.177. The minimum absolute atomic E-state index is 0.601. The molecule has 1 aromatic heterocycles. The summed E-state index contributed by atoms with van der Waals surface area (Å²) in [4.78, 5) is 16.6. The highest BCUT2D eigenvalue weighted by Gasteiger charge is 2.27. The first kappa shape index (κ1) is 44.0. The third kappa shape index (κ3) is 6.88. The highest BCUT2D eigenvalue weighted by Crippen LogP contribution is 2.52. The van der Waals surface area contributed by atoms with Gasteiger partial charge in [0.15, 0.2) is 17.5 Å². The Morgan fingerprint density at radius 2 is 0.256 bits per heavy atom.